The monoisotopic (exact) mass is 326 g/mol. The first-order valence-corrected chi connectivity index (χ1v) is 8.49. The van der Waals surface area contributed by atoms with E-state index in [0.29, 0.717) is 0 Å². The molecule has 1 amide bonds. The van der Waals surface area contributed by atoms with Crippen LogP contribution in [0.5, 0.6) is 0 Å². The van der Waals surface area contributed by atoms with Crippen molar-refractivity contribution in [3.63, 3.8) is 0 Å². The molecule has 0 aromatic heterocycles. The minimum absolute atomic E-state index is 0.0495. The molecular weight excluding hydrogens is 300 g/mol. The number of nitrogens with one attached hydrogen (secondary N) is 2. The number of hydrogen-bond acceptors (Lipinski definition) is 3. The summed E-state index contributed by atoms with van der Waals surface area (Å²) in [5.41, 5.74) is 0.684. The fourth-order valence-electron chi connectivity index (χ4n) is 3.94. The van der Waals surface area contributed by atoms with E-state index in [1.165, 1.54) is 0 Å². The van der Waals surface area contributed by atoms with Gasteiger partial charge in [0, 0.05) is 29.3 Å². The Morgan fingerprint density at radius 1 is 1.04 bits per heavy atom. The SMILES string of the molecule is CC1(C)CC(OC(=O)Nc2cccc3ccccc23)CC(C)(C)N1. The topological polar surface area (TPSA) is 50.4 Å². The zero-order valence-corrected chi connectivity index (χ0v) is 14.8. The highest BCUT2D eigenvalue weighted by atomic mass is 16.6. The van der Waals surface area contributed by atoms with E-state index in [9.17, 15) is 4.79 Å². The summed E-state index contributed by atoms with van der Waals surface area (Å²) in [5.74, 6) is 0. The zero-order valence-electron chi connectivity index (χ0n) is 14.8. The Balaban J connectivity index is 1.71. The maximum absolute atomic E-state index is 12.4. The maximum Gasteiger partial charge on any atom is 0.411 e. The number of benzene rings is 2. The molecule has 0 spiro atoms. The second-order valence-electron chi connectivity index (χ2n) is 7.98. The van der Waals surface area contributed by atoms with Gasteiger partial charge < -0.3 is 10.1 Å². The molecule has 2 N–H and O–H groups in total. The van der Waals surface area contributed by atoms with Gasteiger partial charge in [0.15, 0.2) is 0 Å². The van der Waals surface area contributed by atoms with E-state index in [2.05, 4.69) is 38.3 Å². The molecule has 2 aromatic carbocycles. The Morgan fingerprint density at radius 3 is 2.38 bits per heavy atom. The van der Waals surface area contributed by atoms with Crippen molar-refractivity contribution >= 4 is 22.6 Å². The third-order valence-electron chi connectivity index (χ3n) is 4.45. The van der Waals surface area contributed by atoms with Crippen LogP contribution in [0.1, 0.15) is 40.5 Å². The summed E-state index contributed by atoms with van der Waals surface area (Å²) in [4.78, 5) is 12.4. The minimum atomic E-state index is -0.384. The molecule has 1 aliphatic heterocycles. The van der Waals surface area contributed by atoms with Crippen molar-refractivity contribution in [1.29, 1.82) is 0 Å². The first-order chi connectivity index (χ1) is 11.2. The van der Waals surface area contributed by atoms with Crippen LogP contribution < -0.4 is 10.6 Å². The summed E-state index contributed by atoms with van der Waals surface area (Å²) in [7, 11) is 0. The van der Waals surface area contributed by atoms with Crippen molar-refractivity contribution in [3.05, 3.63) is 42.5 Å². The fourth-order valence-corrected chi connectivity index (χ4v) is 3.94. The molecule has 4 nitrogen and oxygen atoms in total. The molecule has 0 bridgehead atoms. The van der Waals surface area contributed by atoms with Crippen molar-refractivity contribution in [2.75, 3.05) is 5.32 Å². The highest BCUT2D eigenvalue weighted by Crippen LogP contribution is 2.31. The molecule has 1 fully saturated rings. The molecule has 0 atom stereocenters. The number of carbonyl (C=O) groups is 1. The highest BCUT2D eigenvalue weighted by molar-refractivity contribution is 6.00. The van der Waals surface area contributed by atoms with Crippen molar-refractivity contribution in [1.82, 2.24) is 5.32 Å². The number of piperidine rings is 1. The lowest BCUT2D eigenvalue weighted by Gasteiger charge is -2.45. The van der Waals surface area contributed by atoms with Crippen LogP contribution in [0.2, 0.25) is 0 Å². The molecule has 2 aromatic rings. The molecule has 1 saturated heterocycles. The van der Waals surface area contributed by atoms with Crippen LogP contribution in [0.3, 0.4) is 0 Å². The molecule has 4 heteroatoms. The third-order valence-corrected chi connectivity index (χ3v) is 4.45. The number of fused-ring (bicyclic) bond motifs is 1. The standard InChI is InChI=1S/C20H26N2O2/c1-19(2)12-15(13-20(3,4)22-19)24-18(23)21-17-11-7-9-14-8-5-6-10-16(14)17/h5-11,15,22H,12-13H2,1-4H3,(H,21,23). The van der Waals surface area contributed by atoms with Gasteiger partial charge in [-0.3, -0.25) is 5.32 Å². The van der Waals surface area contributed by atoms with Crippen molar-refractivity contribution in [3.8, 4) is 0 Å². The first-order valence-electron chi connectivity index (χ1n) is 8.49. The lowest BCUT2D eigenvalue weighted by Crippen LogP contribution is -2.59. The Bertz CT molecular complexity index is 731. The Labute approximate surface area is 143 Å². The van der Waals surface area contributed by atoms with E-state index in [1.54, 1.807) is 0 Å². The fraction of sp³-hybridized carbons (Fsp3) is 0.450. The van der Waals surface area contributed by atoms with E-state index in [0.717, 1.165) is 29.3 Å². The van der Waals surface area contributed by atoms with Crippen LogP contribution >= 0.6 is 0 Å². The van der Waals surface area contributed by atoms with E-state index in [-0.39, 0.29) is 23.3 Å². The van der Waals surface area contributed by atoms with Gasteiger partial charge in [-0.2, -0.15) is 0 Å². The van der Waals surface area contributed by atoms with Gasteiger partial charge in [-0.15, -0.1) is 0 Å². The van der Waals surface area contributed by atoms with Crippen molar-refractivity contribution in [2.45, 2.75) is 57.7 Å². The van der Waals surface area contributed by atoms with Gasteiger partial charge in [0.25, 0.3) is 0 Å². The number of anilines is 1. The number of ether oxygens (including phenoxy) is 1. The van der Waals surface area contributed by atoms with Gasteiger partial charge in [-0.05, 0) is 39.1 Å². The molecule has 24 heavy (non-hydrogen) atoms. The van der Waals surface area contributed by atoms with Gasteiger partial charge >= 0.3 is 6.09 Å². The summed E-state index contributed by atoms with van der Waals surface area (Å²) in [6, 6.07) is 13.9. The third kappa shape index (κ3) is 3.88. The first kappa shape index (κ1) is 16.8. The highest BCUT2D eigenvalue weighted by Gasteiger charge is 2.39. The summed E-state index contributed by atoms with van der Waals surface area (Å²) < 4.78 is 5.73. The Morgan fingerprint density at radius 2 is 1.67 bits per heavy atom. The van der Waals surface area contributed by atoms with Crippen LogP contribution in [-0.4, -0.2) is 23.3 Å². The lowest BCUT2D eigenvalue weighted by atomic mass is 9.81. The number of rotatable bonds is 2. The summed E-state index contributed by atoms with van der Waals surface area (Å²) >= 11 is 0. The van der Waals surface area contributed by atoms with Gasteiger partial charge in [0.05, 0.1) is 5.69 Å². The van der Waals surface area contributed by atoms with Gasteiger partial charge in [0.1, 0.15) is 6.10 Å². The Kier molecular flexibility index (Phi) is 4.26. The second kappa shape index (κ2) is 6.10. The number of hydrogen-bond donors (Lipinski definition) is 2. The normalized spacial score (nSPS) is 19.8. The zero-order chi connectivity index (χ0) is 17.4. The Hall–Kier alpha value is -2.07. The molecule has 0 aliphatic carbocycles. The van der Waals surface area contributed by atoms with E-state index >= 15 is 0 Å². The molecule has 1 aliphatic rings. The van der Waals surface area contributed by atoms with Crippen molar-refractivity contribution < 1.29 is 9.53 Å². The molecule has 1 heterocycles. The molecule has 3 rings (SSSR count). The van der Waals surface area contributed by atoms with Gasteiger partial charge in [-0.1, -0.05) is 36.4 Å². The van der Waals surface area contributed by atoms with Crippen LogP contribution in [-0.2, 0) is 4.74 Å². The van der Waals surface area contributed by atoms with E-state index < -0.39 is 0 Å². The quantitative estimate of drug-likeness (QED) is 0.841. The second-order valence-corrected chi connectivity index (χ2v) is 7.98. The van der Waals surface area contributed by atoms with Crippen molar-refractivity contribution in [2.24, 2.45) is 0 Å². The van der Waals surface area contributed by atoms with Crippen LogP contribution in [0.25, 0.3) is 10.8 Å². The van der Waals surface area contributed by atoms with Crippen LogP contribution in [0.4, 0.5) is 10.5 Å². The van der Waals surface area contributed by atoms with Crippen LogP contribution in [0.15, 0.2) is 42.5 Å². The number of carbonyl (C=O) groups excluding carboxylic acids is 1. The predicted molar refractivity (Wildman–Crippen MR) is 98.4 cm³/mol. The number of amides is 1. The largest absolute Gasteiger partial charge is 0.446 e. The smallest absolute Gasteiger partial charge is 0.411 e. The van der Waals surface area contributed by atoms with Gasteiger partial charge in [0.2, 0.25) is 0 Å². The van der Waals surface area contributed by atoms with Gasteiger partial charge in [-0.25, -0.2) is 4.79 Å². The molecule has 0 saturated carbocycles. The molecule has 128 valence electrons. The van der Waals surface area contributed by atoms with E-state index in [4.69, 9.17) is 4.74 Å². The van der Waals surface area contributed by atoms with Crippen LogP contribution in [0, 0.1) is 0 Å². The molecule has 0 unspecified atom stereocenters. The summed E-state index contributed by atoms with van der Waals surface area (Å²) in [6.45, 7) is 8.58. The predicted octanol–water partition coefficient (Wildman–Crippen LogP) is 4.70. The minimum Gasteiger partial charge on any atom is -0.446 e. The molecule has 0 radical (unpaired) electrons. The average molecular weight is 326 g/mol. The molecular formula is C20H26N2O2. The summed E-state index contributed by atoms with van der Waals surface area (Å²) in [6.07, 6.45) is 1.13. The average Bonchev–Trinajstić information content (AvgIpc) is 2.44. The lowest BCUT2D eigenvalue weighted by molar-refractivity contribution is 0.0256. The van der Waals surface area contributed by atoms with E-state index in [1.807, 2.05) is 42.5 Å². The summed E-state index contributed by atoms with van der Waals surface area (Å²) in [5, 5.41) is 8.62. The maximum atomic E-state index is 12.4.